The molecular formula is C31H39N4O5+. The summed E-state index contributed by atoms with van der Waals surface area (Å²) in [6.07, 6.45) is -0.127. The maximum Gasteiger partial charge on any atom is 0.367 e. The highest BCUT2D eigenvalue weighted by atomic mass is 16.4. The Kier molecular flexibility index (Phi) is 9.78. The molecule has 1 fully saturated rings. The van der Waals surface area contributed by atoms with E-state index in [1.54, 1.807) is 31.3 Å². The monoisotopic (exact) mass is 547 g/mol. The third-order valence-corrected chi connectivity index (χ3v) is 7.82. The fourth-order valence-corrected chi connectivity index (χ4v) is 5.51. The van der Waals surface area contributed by atoms with Crippen LogP contribution in [0.3, 0.4) is 0 Å². The van der Waals surface area contributed by atoms with E-state index in [9.17, 15) is 24.9 Å². The number of hydrogen-bond acceptors (Lipinski definition) is 7. The van der Waals surface area contributed by atoms with Crippen molar-refractivity contribution in [3.8, 4) is 0 Å². The van der Waals surface area contributed by atoms with Crippen LogP contribution < -0.4 is 10.9 Å². The number of carbonyl (C=O) groups is 2. The Balaban J connectivity index is 1.86. The van der Waals surface area contributed by atoms with E-state index < -0.39 is 52.8 Å². The number of aliphatic hydroxyl groups excluding tert-OH is 2. The van der Waals surface area contributed by atoms with Crippen molar-refractivity contribution in [2.75, 3.05) is 0 Å². The standard InChI is InChI=1S/C31H38N4O5/c1-3-21(2)28(31(39)40)35(27(36)20-24-16-10-11-17-32-24)33-25(18-22-12-6-4-7-13-22)29(37)30(38)26(34-35)19-23-14-8-5-9-15-23/h4-17,21,25-26,28-30,33-34,37-38H,3,18-20H2,1-2H3/p+1/t21-,25?,26?,28-,29?,30?,35?/m0/s1. The van der Waals surface area contributed by atoms with Crippen molar-refractivity contribution in [3.63, 3.8) is 0 Å². The number of quaternary nitrogens is 1. The average molecular weight is 548 g/mol. The molecule has 212 valence electrons. The van der Waals surface area contributed by atoms with Crippen LogP contribution in [-0.2, 0) is 28.9 Å². The lowest BCUT2D eigenvalue weighted by atomic mass is 9.92. The Morgan fingerprint density at radius 3 is 1.77 bits per heavy atom. The predicted octanol–water partition coefficient (Wildman–Crippen LogP) is 2.43. The summed E-state index contributed by atoms with van der Waals surface area (Å²) in [6, 6.07) is 21.1. The molecular weight excluding hydrogens is 508 g/mol. The molecule has 1 aromatic heterocycles. The molecule has 3 aromatic rings. The second-order valence-corrected chi connectivity index (χ2v) is 10.6. The van der Waals surface area contributed by atoms with Gasteiger partial charge in [-0.1, -0.05) is 85.3 Å². The Morgan fingerprint density at radius 2 is 1.35 bits per heavy atom. The molecule has 2 aromatic carbocycles. The summed E-state index contributed by atoms with van der Waals surface area (Å²) in [7, 11) is 0. The van der Waals surface area contributed by atoms with Gasteiger partial charge in [-0.05, 0) is 42.5 Å². The number of pyridine rings is 1. The van der Waals surface area contributed by atoms with Crippen LogP contribution in [0.25, 0.3) is 0 Å². The lowest BCUT2D eigenvalue weighted by Gasteiger charge is -2.43. The van der Waals surface area contributed by atoms with Gasteiger partial charge < -0.3 is 15.3 Å². The number of aliphatic hydroxyl groups is 2. The highest BCUT2D eigenvalue weighted by Crippen LogP contribution is 2.28. The highest BCUT2D eigenvalue weighted by Gasteiger charge is 2.58. The zero-order chi connectivity index (χ0) is 28.7. The number of nitrogens with one attached hydrogen (secondary N) is 2. The Morgan fingerprint density at radius 1 is 0.850 bits per heavy atom. The van der Waals surface area contributed by atoms with Gasteiger partial charge in [0, 0.05) is 12.1 Å². The lowest BCUT2D eigenvalue weighted by molar-refractivity contribution is -0.962. The minimum absolute atomic E-state index is 0.149. The highest BCUT2D eigenvalue weighted by molar-refractivity contribution is 5.78. The summed E-state index contributed by atoms with van der Waals surface area (Å²) in [6.45, 7) is 3.68. The first-order valence-corrected chi connectivity index (χ1v) is 13.8. The van der Waals surface area contributed by atoms with Crippen LogP contribution in [0.1, 0.15) is 37.1 Å². The topological polar surface area (TPSA) is 132 Å². The number of benzene rings is 2. The summed E-state index contributed by atoms with van der Waals surface area (Å²) in [5.41, 5.74) is 8.74. The number of carboxylic acids is 1. The van der Waals surface area contributed by atoms with Gasteiger partial charge in [0.2, 0.25) is 6.04 Å². The van der Waals surface area contributed by atoms with Gasteiger partial charge in [-0.25, -0.2) is 9.59 Å². The average Bonchev–Trinajstić information content (AvgIpc) is 3.05. The Bertz CT molecular complexity index is 1190. The van der Waals surface area contributed by atoms with Gasteiger partial charge in [0.05, 0.1) is 17.8 Å². The quantitative estimate of drug-likeness (QED) is 0.245. The first-order chi connectivity index (χ1) is 19.2. The summed E-state index contributed by atoms with van der Waals surface area (Å²) >= 11 is 0. The number of amides is 1. The molecule has 1 amide bonds. The van der Waals surface area contributed by atoms with Crippen LogP contribution >= 0.6 is 0 Å². The van der Waals surface area contributed by atoms with Crippen LogP contribution in [0.4, 0.5) is 0 Å². The van der Waals surface area contributed by atoms with E-state index in [2.05, 4.69) is 15.8 Å². The van der Waals surface area contributed by atoms with Crippen LogP contribution in [0, 0.1) is 5.92 Å². The summed E-state index contributed by atoms with van der Waals surface area (Å²) in [5, 5.41) is 33.6. The normalized spacial score (nSPS) is 26.4. The fourth-order valence-electron chi connectivity index (χ4n) is 5.51. The maximum absolute atomic E-state index is 14.4. The number of rotatable bonds is 10. The van der Waals surface area contributed by atoms with E-state index in [1.807, 2.05) is 67.6 Å². The molecule has 1 aliphatic heterocycles. The van der Waals surface area contributed by atoms with E-state index in [-0.39, 0.29) is 19.3 Å². The molecule has 4 unspecified atom stereocenters. The third kappa shape index (κ3) is 6.63. The first-order valence-electron chi connectivity index (χ1n) is 13.8. The van der Waals surface area contributed by atoms with Crippen molar-refractivity contribution in [1.82, 2.24) is 15.8 Å². The second kappa shape index (κ2) is 13.3. The third-order valence-electron chi connectivity index (χ3n) is 7.82. The number of hydrogen-bond donors (Lipinski definition) is 5. The SMILES string of the molecule is CC[C@H](C)[C@@H](C(=O)O)[N+]1(C(=O)Cc2ccccn2)NC(Cc2ccccc2)C(O)C(O)C(Cc2ccccc2)N1. The van der Waals surface area contributed by atoms with Crippen molar-refractivity contribution >= 4 is 11.9 Å². The molecule has 9 nitrogen and oxygen atoms in total. The van der Waals surface area contributed by atoms with E-state index in [1.165, 1.54) is 0 Å². The molecule has 1 aliphatic rings. The number of nitrogens with zero attached hydrogens (tertiary/aromatic N) is 2. The van der Waals surface area contributed by atoms with Crippen molar-refractivity contribution in [3.05, 3.63) is 102 Å². The zero-order valence-electron chi connectivity index (χ0n) is 22.9. The van der Waals surface area contributed by atoms with Crippen LogP contribution in [-0.4, -0.2) is 67.2 Å². The second-order valence-electron chi connectivity index (χ2n) is 10.6. The van der Waals surface area contributed by atoms with Crippen molar-refractivity contribution in [1.29, 1.82) is 0 Å². The Hall–Kier alpha value is -3.47. The number of carbonyl (C=O) groups excluding carboxylic acids is 1. The van der Waals surface area contributed by atoms with Gasteiger partial charge in [0.1, 0.15) is 18.6 Å². The number of aliphatic carboxylic acids is 1. The van der Waals surface area contributed by atoms with Gasteiger partial charge in [-0.3, -0.25) is 4.98 Å². The molecule has 0 saturated carbocycles. The minimum Gasteiger partial charge on any atom is -0.477 e. The van der Waals surface area contributed by atoms with Gasteiger partial charge in [0.15, 0.2) is 0 Å². The molecule has 9 heteroatoms. The van der Waals surface area contributed by atoms with E-state index >= 15 is 0 Å². The molecule has 4 rings (SSSR count). The van der Waals surface area contributed by atoms with Gasteiger partial charge in [0.25, 0.3) is 0 Å². The molecule has 5 N–H and O–H groups in total. The van der Waals surface area contributed by atoms with Crippen molar-refractivity contribution in [2.24, 2.45) is 5.92 Å². The molecule has 2 heterocycles. The summed E-state index contributed by atoms with van der Waals surface area (Å²) in [4.78, 5) is 31.7. The molecule has 1 saturated heterocycles. The van der Waals surface area contributed by atoms with Gasteiger partial charge in [-0.15, -0.1) is 10.9 Å². The number of aromatic nitrogens is 1. The van der Waals surface area contributed by atoms with Crippen LogP contribution in [0.15, 0.2) is 85.1 Å². The van der Waals surface area contributed by atoms with E-state index in [0.717, 1.165) is 11.1 Å². The molecule has 0 spiro atoms. The number of carboxylic acid groups (broad SMARTS) is 1. The first kappa shape index (κ1) is 29.5. The molecule has 0 radical (unpaired) electrons. The lowest BCUT2D eigenvalue weighted by Crippen LogP contribution is -2.79. The van der Waals surface area contributed by atoms with Crippen molar-refractivity contribution < 1.29 is 29.6 Å². The van der Waals surface area contributed by atoms with Gasteiger partial charge in [-0.2, -0.15) is 0 Å². The molecule has 0 bridgehead atoms. The maximum atomic E-state index is 14.4. The molecule has 40 heavy (non-hydrogen) atoms. The van der Waals surface area contributed by atoms with Crippen LogP contribution in [0.5, 0.6) is 0 Å². The Labute approximate surface area is 235 Å². The molecule has 0 aliphatic carbocycles. The van der Waals surface area contributed by atoms with Crippen LogP contribution in [0.2, 0.25) is 0 Å². The predicted molar refractivity (Wildman–Crippen MR) is 150 cm³/mol. The van der Waals surface area contributed by atoms with Gasteiger partial charge >= 0.3 is 11.9 Å². The van der Waals surface area contributed by atoms with E-state index in [0.29, 0.717) is 12.1 Å². The van der Waals surface area contributed by atoms with E-state index in [4.69, 9.17) is 0 Å². The largest absolute Gasteiger partial charge is 0.477 e. The fraction of sp³-hybridized carbons (Fsp3) is 0.387. The zero-order valence-corrected chi connectivity index (χ0v) is 22.9. The summed E-state index contributed by atoms with van der Waals surface area (Å²) in [5.74, 6) is -2.07. The smallest absolute Gasteiger partial charge is 0.367 e. The molecule has 6 atom stereocenters. The summed E-state index contributed by atoms with van der Waals surface area (Å²) < 4.78 is -0.843. The minimum atomic E-state index is -1.30. The van der Waals surface area contributed by atoms with Crippen molar-refractivity contribution in [2.45, 2.75) is 69.9 Å².